The Morgan fingerprint density at radius 2 is 1.13 bits per heavy atom. The van der Waals surface area contributed by atoms with Crippen LogP contribution < -0.4 is 4.90 Å². The normalized spacial score (nSPS) is 10.6. The van der Waals surface area contributed by atoms with Gasteiger partial charge in [-0.2, -0.15) is 0 Å². The molecule has 0 saturated carbocycles. The molecule has 0 heterocycles. The lowest BCUT2D eigenvalue weighted by Crippen LogP contribution is -2.09. The number of anilines is 3. The van der Waals surface area contributed by atoms with Gasteiger partial charge in [0.1, 0.15) is 0 Å². The molecular weight excluding hydrogens is 282 g/mol. The van der Waals surface area contributed by atoms with Crippen molar-refractivity contribution in [1.82, 2.24) is 0 Å². The van der Waals surface area contributed by atoms with Crippen LogP contribution in [0, 0.1) is 0 Å². The van der Waals surface area contributed by atoms with Gasteiger partial charge in [0.2, 0.25) is 6.29 Å². The molecule has 0 N–H and O–H groups in total. The second-order valence-electron chi connectivity index (χ2n) is 5.05. The minimum Gasteiger partial charge on any atom is -0.311 e. The Morgan fingerprint density at radius 3 is 1.61 bits per heavy atom. The van der Waals surface area contributed by atoms with E-state index in [2.05, 4.69) is 29.2 Å². The van der Waals surface area contributed by atoms with Gasteiger partial charge >= 0.3 is 0 Å². The fraction of sp³-hybridized carbons (Fsp3) is 0. The lowest BCUT2D eigenvalue weighted by molar-refractivity contribution is 0.564. The van der Waals surface area contributed by atoms with Gasteiger partial charge in [0.15, 0.2) is 0 Å². The van der Waals surface area contributed by atoms with E-state index in [1.807, 2.05) is 60.7 Å². The Bertz CT molecular complexity index is 738. The van der Waals surface area contributed by atoms with Crippen LogP contribution >= 0.6 is 0 Å². The summed E-state index contributed by atoms with van der Waals surface area (Å²) in [6.45, 7) is 0. The predicted octanol–water partition coefficient (Wildman–Crippen LogP) is 5.28. The number of carbonyl (C=O) groups excluding carboxylic acids is 1. The van der Waals surface area contributed by atoms with Crippen molar-refractivity contribution in [3.63, 3.8) is 0 Å². The quantitative estimate of drug-likeness (QED) is 0.597. The molecular formula is C21H16NO. The second kappa shape index (κ2) is 7.23. The third-order valence-corrected chi connectivity index (χ3v) is 3.52. The Hall–Kier alpha value is -3.13. The topological polar surface area (TPSA) is 20.3 Å². The van der Waals surface area contributed by atoms with Gasteiger partial charge in [-0.15, -0.1) is 0 Å². The Labute approximate surface area is 136 Å². The first-order valence-corrected chi connectivity index (χ1v) is 7.43. The molecule has 0 unspecified atom stereocenters. The maximum atomic E-state index is 10.3. The van der Waals surface area contributed by atoms with Gasteiger partial charge in [-0.05, 0) is 48.0 Å². The van der Waals surface area contributed by atoms with E-state index in [4.69, 9.17) is 0 Å². The first-order valence-electron chi connectivity index (χ1n) is 7.43. The highest BCUT2D eigenvalue weighted by atomic mass is 16.1. The number of allylic oxidation sites excluding steroid dienone is 1. The molecule has 0 fully saturated rings. The Morgan fingerprint density at radius 1 is 0.652 bits per heavy atom. The fourth-order valence-electron chi connectivity index (χ4n) is 2.47. The SMILES string of the molecule is O=[C]C=Cc1ccc(N(c2ccccc2)c2ccccc2)cc1. The van der Waals surface area contributed by atoms with Crippen molar-refractivity contribution in [2.24, 2.45) is 0 Å². The number of rotatable bonds is 5. The van der Waals surface area contributed by atoms with Crippen LogP contribution in [0.15, 0.2) is 91.0 Å². The highest BCUT2D eigenvalue weighted by Gasteiger charge is 2.10. The van der Waals surface area contributed by atoms with Crippen molar-refractivity contribution in [1.29, 1.82) is 0 Å². The average molecular weight is 298 g/mol. The molecule has 1 radical (unpaired) electrons. The van der Waals surface area contributed by atoms with Crippen molar-refractivity contribution >= 4 is 29.4 Å². The molecule has 2 heteroatoms. The highest BCUT2D eigenvalue weighted by Crippen LogP contribution is 2.34. The lowest BCUT2D eigenvalue weighted by atomic mass is 10.1. The number of nitrogens with zero attached hydrogens (tertiary/aromatic N) is 1. The zero-order valence-corrected chi connectivity index (χ0v) is 12.6. The Balaban J connectivity index is 2.02. The summed E-state index contributed by atoms with van der Waals surface area (Å²) >= 11 is 0. The van der Waals surface area contributed by atoms with Gasteiger partial charge in [0, 0.05) is 17.1 Å². The predicted molar refractivity (Wildman–Crippen MR) is 95.9 cm³/mol. The van der Waals surface area contributed by atoms with Crippen LogP contribution in [0.25, 0.3) is 6.08 Å². The molecule has 0 atom stereocenters. The molecule has 3 aromatic carbocycles. The van der Waals surface area contributed by atoms with Gasteiger partial charge in [-0.25, -0.2) is 0 Å². The summed E-state index contributed by atoms with van der Waals surface area (Å²) in [4.78, 5) is 12.5. The zero-order chi connectivity index (χ0) is 15.9. The molecule has 0 amide bonds. The number of benzene rings is 3. The fourth-order valence-corrected chi connectivity index (χ4v) is 2.47. The van der Waals surface area contributed by atoms with Crippen LogP contribution in [0.5, 0.6) is 0 Å². The molecule has 111 valence electrons. The molecule has 2 nitrogen and oxygen atoms in total. The standard InChI is InChI=1S/C21H16NO/c23-17-7-8-18-13-15-21(16-14-18)22(19-9-3-1-4-10-19)20-11-5-2-6-12-20/h1-16H. The van der Waals surface area contributed by atoms with Crippen molar-refractivity contribution < 1.29 is 4.79 Å². The van der Waals surface area contributed by atoms with E-state index in [-0.39, 0.29) is 0 Å². The van der Waals surface area contributed by atoms with Gasteiger partial charge < -0.3 is 4.90 Å². The van der Waals surface area contributed by atoms with E-state index in [0.29, 0.717) is 0 Å². The second-order valence-corrected chi connectivity index (χ2v) is 5.05. The minimum absolute atomic E-state index is 0.971. The van der Waals surface area contributed by atoms with Crippen LogP contribution in [-0.4, -0.2) is 6.29 Å². The van der Waals surface area contributed by atoms with Gasteiger partial charge in [0.25, 0.3) is 0 Å². The zero-order valence-electron chi connectivity index (χ0n) is 12.6. The van der Waals surface area contributed by atoms with E-state index in [1.54, 1.807) is 12.4 Å². The largest absolute Gasteiger partial charge is 0.311 e. The Kier molecular flexibility index (Phi) is 4.65. The summed E-state index contributed by atoms with van der Waals surface area (Å²) in [5.74, 6) is 0. The van der Waals surface area contributed by atoms with Crippen LogP contribution in [0.3, 0.4) is 0 Å². The smallest absolute Gasteiger partial charge is 0.225 e. The number of para-hydroxylation sites is 2. The molecule has 0 spiro atoms. The van der Waals surface area contributed by atoms with E-state index < -0.39 is 0 Å². The van der Waals surface area contributed by atoms with Crippen LogP contribution in [0.1, 0.15) is 5.56 Å². The van der Waals surface area contributed by atoms with Crippen LogP contribution in [0.2, 0.25) is 0 Å². The summed E-state index contributed by atoms with van der Waals surface area (Å²) in [5.41, 5.74) is 4.24. The molecule has 0 aliphatic carbocycles. The summed E-state index contributed by atoms with van der Waals surface area (Å²) < 4.78 is 0. The highest BCUT2D eigenvalue weighted by molar-refractivity contribution is 5.78. The molecule has 0 saturated heterocycles. The number of hydrogen-bond donors (Lipinski definition) is 0. The molecule has 0 bridgehead atoms. The monoisotopic (exact) mass is 298 g/mol. The first kappa shape index (κ1) is 14.8. The van der Waals surface area contributed by atoms with Crippen molar-refractivity contribution in [2.45, 2.75) is 0 Å². The molecule has 0 aliphatic heterocycles. The molecule has 3 aromatic rings. The average Bonchev–Trinajstić information content (AvgIpc) is 2.63. The summed E-state index contributed by atoms with van der Waals surface area (Å²) in [5, 5.41) is 0. The van der Waals surface area contributed by atoms with Crippen molar-refractivity contribution in [3.8, 4) is 0 Å². The molecule has 0 aliphatic rings. The molecule has 3 rings (SSSR count). The maximum Gasteiger partial charge on any atom is 0.225 e. The van der Waals surface area contributed by atoms with Crippen LogP contribution in [-0.2, 0) is 4.79 Å². The van der Waals surface area contributed by atoms with E-state index in [1.165, 1.54) is 6.08 Å². The first-order chi connectivity index (χ1) is 11.4. The molecule has 0 aromatic heterocycles. The minimum atomic E-state index is 0.971. The van der Waals surface area contributed by atoms with Gasteiger partial charge in [0.05, 0.1) is 0 Å². The van der Waals surface area contributed by atoms with Gasteiger partial charge in [-0.3, -0.25) is 4.79 Å². The van der Waals surface area contributed by atoms with Crippen LogP contribution in [0.4, 0.5) is 17.1 Å². The number of hydrogen-bond acceptors (Lipinski definition) is 2. The summed E-state index contributed by atoms with van der Waals surface area (Å²) in [6, 6.07) is 28.6. The third-order valence-electron chi connectivity index (χ3n) is 3.52. The van der Waals surface area contributed by atoms with Crippen molar-refractivity contribution in [3.05, 3.63) is 96.6 Å². The van der Waals surface area contributed by atoms with E-state index in [9.17, 15) is 4.79 Å². The van der Waals surface area contributed by atoms with E-state index in [0.717, 1.165) is 22.6 Å². The summed E-state index contributed by atoms with van der Waals surface area (Å²) in [6.07, 6.45) is 4.88. The van der Waals surface area contributed by atoms with Crippen molar-refractivity contribution in [2.75, 3.05) is 4.90 Å². The lowest BCUT2D eigenvalue weighted by Gasteiger charge is -2.25. The molecule has 23 heavy (non-hydrogen) atoms. The summed E-state index contributed by atoms with van der Waals surface area (Å²) in [7, 11) is 0. The third kappa shape index (κ3) is 3.55. The van der Waals surface area contributed by atoms with E-state index >= 15 is 0 Å². The maximum absolute atomic E-state index is 10.3. The van der Waals surface area contributed by atoms with Gasteiger partial charge in [-0.1, -0.05) is 54.6 Å².